The maximum Gasteiger partial charge on any atom is 0.137 e. The van der Waals surface area contributed by atoms with E-state index >= 15 is 0 Å². The van der Waals surface area contributed by atoms with E-state index in [-0.39, 0.29) is 0 Å². The SMILES string of the molecule is Cc1ccc(-c2cn3c(C)cccc3n2)cc1. The Morgan fingerprint density at radius 2 is 1.71 bits per heavy atom. The smallest absolute Gasteiger partial charge is 0.137 e. The van der Waals surface area contributed by atoms with E-state index in [1.165, 1.54) is 16.8 Å². The zero-order valence-electron chi connectivity index (χ0n) is 10.0. The molecule has 0 spiro atoms. The Morgan fingerprint density at radius 3 is 2.41 bits per heavy atom. The minimum absolute atomic E-state index is 1.00. The standard InChI is InChI=1S/C15H14N2/c1-11-6-8-13(9-7-11)14-10-17-12(2)4-3-5-15(17)16-14/h3-10H,1-2H3. The average molecular weight is 222 g/mol. The molecule has 0 N–H and O–H groups in total. The van der Waals surface area contributed by atoms with Gasteiger partial charge in [-0.05, 0) is 26.0 Å². The van der Waals surface area contributed by atoms with Crippen molar-refractivity contribution in [1.82, 2.24) is 9.38 Å². The normalized spacial score (nSPS) is 10.9. The molecule has 1 aromatic carbocycles. The quantitative estimate of drug-likeness (QED) is 0.614. The van der Waals surface area contributed by atoms with Gasteiger partial charge in [-0.3, -0.25) is 0 Å². The molecule has 0 amide bonds. The average Bonchev–Trinajstić information content (AvgIpc) is 2.75. The summed E-state index contributed by atoms with van der Waals surface area (Å²) in [5.74, 6) is 0. The lowest BCUT2D eigenvalue weighted by molar-refractivity contribution is 1.09. The summed E-state index contributed by atoms with van der Waals surface area (Å²) in [6.07, 6.45) is 2.09. The van der Waals surface area contributed by atoms with Crippen molar-refractivity contribution < 1.29 is 0 Å². The molecule has 2 heteroatoms. The molecule has 0 aliphatic rings. The highest BCUT2D eigenvalue weighted by Gasteiger charge is 2.04. The topological polar surface area (TPSA) is 17.3 Å². The first-order chi connectivity index (χ1) is 8.24. The summed E-state index contributed by atoms with van der Waals surface area (Å²) in [7, 11) is 0. The second kappa shape index (κ2) is 3.74. The first-order valence-electron chi connectivity index (χ1n) is 5.76. The molecule has 0 saturated carbocycles. The maximum atomic E-state index is 4.64. The highest BCUT2D eigenvalue weighted by molar-refractivity contribution is 5.63. The molecule has 0 fully saturated rings. The predicted molar refractivity (Wildman–Crippen MR) is 70.1 cm³/mol. The fourth-order valence-corrected chi connectivity index (χ4v) is 2.01. The summed E-state index contributed by atoms with van der Waals surface area (Å²) < 4.78 is 2.12. The lowest BCUT2D eigenvalue weighted by Gasteiger charge is -1.97. The van der Waals surface area contributed by atoms with Gasteiger partial charge in [0.15, 0.2) is 0 Å². The van der Waals surface area contributed by atoms with Gasteiger partial charge < -0.3 is 4.40 Å². The largest absolute Gasteiger partial charge is 0.304 e. The number of fused-ring (bicyclic) bond motifs is 1. The number of nitrogens with zero attached hydrogens (tertiary/aromatic N) is 2. The maximum absolute atomic E-state index is 4.64. The number of rotatable bonds is 1. The zero-order valence-corrected chi connectivity index (χ0v) is 10.0. The summed E-state index contributed by atoms with van der Waals surface area (Å²) in [5, 5.41) is 0. The molecule has 17 heavy (non-hydrogen) atoms. The molecule has 0 bridgehead atoms. The van der Waals surface area contributed by atoms with Crippen molar-refractivity contribution in [2.75, 3.05) is 0 Å². The zero-order chi connectivity index (χ0) is 11.8. The van der Waals surface area contributed by atoms with Gasteiger partial charge in [-0.25, -0.2) is 4.98 Å². The van der Waals surface area contributed by atoms with E-state index in [0.717, 1.165) is 11.3 Å². The van der Waals surface area contributed by atoms with Crippen molar-refractivity contribution in [3.8, 4) is 11.3 Å². The summed E-state index contributed by atoms with van der Waals surface area (Å²) in [6, 6.07) is 14.6. The molecule has 2 aromatic heterocycles. The van der Waals surface area contributed by atoms with Gasteiger partial charge in [-0.15, -0.1) is 0 Å². The van der Waals surface area contributed by atoms with Crippen LogP contribution in [0, 0.1) is 13.8 Å². The minimum Gasteiger partial charge on any atom is -0.304 e. The Bertz CT molecular complexity index is 663. The van der Waals surface area contributed by atoms with Gasteiger partial charge in [-0.2, -0.15) is 0 Å². The number of aryl methyl sites for hydroxylation is 2. The van der Waals surface area contributed by atoms with Crippen molar-refractivity contribution in [2.24, 2.45) is 0 Å². The third kappa shape index (κ3) is 1.72. The molecular weight excluding hydrogens is 208 g/mol. The number of benzene rings is 1. The van der Waals surface area contributed by atoms with E-state index in [1.54, 1.807) is 0 Å². The van der Waals surface area contributed by atoms with Crippen molar-refractivity contribution in [1.29, 1.82) is 0 Å². The summed E-state index contributed by atoms with van der Waals surface area (Å²) >= 11 is 0. The Labute approximate surface area is 101 Å². The van der Waals surface area contributed by atoms with Crippen LogP contribution < -0.4 is 0 Å². The van der Waals surface area contributed by atoms with Gasteiger partial charge in [0.1, 0.15) is 5.65 Å². The molecule has 0 aliphatic carbocycles. The van der Waals surface area contributed by atoms with Crippen LogP contribution in [-0.4, -0.2) is 9.38 Å². The van der Waals surface area contributed by atoms with E-state index in [2.05, 4.69) is 59.8 Å². The Kier molecular flexibility index (Phi) is 2.22. The van der Waals surface area contributed by atoms with E-state index in [0.29, 0.717) is 0 Å². The lowest BCUT2D eigenvalue weighted by Crippen LogP contribution is -1.86. The highest BCUT2D eigenvalue weighted by atomic mass is 15.0. The van der Waals surface area contributed by atoms with Crippen LogP contribution >= 0.6 is 0 Å². The molecule has 3 rings (SSSR count). The summed E-state index contributed by atoms with van der Waals surface area (Å²) in [4.78, 5) is 4.64. The van der Waals surface area contributed by atoms with Crippen LogP contribution in [0.5, 0.6) is 0 Å². The van der Waals surface area contributed by atoms with Gasteiger partial charge in [0, 0.05) is 17.5 Å². The fraction of sp³-hybridized carbons (Fsp3) is 0.133. The fourth-order valence-electron chi connectivity index (χ4n) is 2.01. The van der Waals surface area contributed by atoms with Crippen LogP contribution in [0.4, 0.5) is 0 Å². The van der Waals surface area contributed by atoms with Gasteiger partial charge in [0.2, 0.25) is 0 Å². The highest BCUT2D eigenvalue weighted by Crippen LogP contribution is 2.20. The van der Waals surface area contributed by atoms with Crippen molar-refractivity contribution in [2.45, 2.75) is 13.8 Å². The van der Waals surface area contributed by atoms with Crippen LogP contribution in [-0.2, 0) is 0 Å². The summed E-state index contributed by atoms with van der Waals surface area (Å²) in [5.41, 5.74) is 5.67. The van der Waals surface area contributed by atoms with Crippen LogP contribution in [0.15, 0.2) is 48.7 Å². The van der Waals surface area contributed by atoms with Crippen molar-refractivity contribution in [3.05, 3.63) is 59.9 Å². The van der Waals surface area contributed by atoms with Gasteiger partial charge >= 0.3 is 0 Å². The van der Waals surface area contributed by atoms with Crippen molar-refractivity contribution in [3.63, 3.8) is 0 Å². The van der Waals surface area contributed by atoms with E-state index in [1.807, 2.05) is 12.1 Å². The molecule has 0 radical (unpaired) electrons. The molecular formula is C15H14N2. The molecule has 0 aliphatic heterocycles. The molecule has 3 aromatic rings. The second-order valence-corrected chi connectivity index (χ2v) is 4.39. The van der Waals surface area contributed by atoms with Crippen LogP contribution in [0.25, 0.3) is 16.9 Å². The first-order valence-corrected chi connectivity index (χ1v) is 5.76. The van der Waals surface area contributed by atoms with Crippen molar-refractivity contribution >= 4 is 5.65 Å². The van der Waals surface area contributed by atoms with Crippen LogP contribution in [0.1, 0.15) is 11.3 Å². The minimum atomic E-state index is 1.00. The lowest BCUT2D eigenvalue weighted by atomic mass is 10.1. The Balaban J connectivity index is 2.18. The number of hydrogen-bond acceptors (Lipinski definition) is 1. The first kappa shape index (κ1) is 10.1. The van der Waals surface area contributed by atoms with Gasteiger partial charge in [0.25, 0.3) is 0 Å². The number of aromatic nitrogens is 2. The summed E-state index contributed by atoms with van der Waals surface area (Å²) in [6.45, 7) is 4.19. The molecule has 0 saturated heterocycles. The molecule has 0 unspecified atom stereocenters. The van der Waals surface area contributed by atoms with Crippen LogP contribution in [0.2, 0.25) is 0 Å². The molecule has 84 valence electrons. The Morgan fingerprint density at radius 1 is 0.941 bits per heavy atom. The van der Waals surface area contributed by atoms with Gasteiger partial charge in [-0.1, -0.05) is 35.9 Å². The third-order valence-electron chi connectivity index (χ3n) is 3.04. The van der Waals surface area contributed by atoms with E-state index in [4.69, 9.17) is 0 Å². The van der Waals surface area contributed by atoms with Gasteiger partial charge in [0.05, 0.1) is 5.69 Å². The number of hydrogen-bond donors (Lipinski definition) is 0. The monoisotopic (exact) mass is 222 g/mol. The third-order valence-corrected chi connectivity index (χ3v) is 3.04. The van der Waals surface area contributed by atoms with E-state index in [9.17, 15) is 0 Å². The van der Waals surface area contributed by atoms with Crippen LogP contribution in [0.3, 0.4) is 0 Å². The van der Waals surface area contributed by atoms with E-state index < -0.39 is 0 Å². The Hall–Kier alpha value is -2.09. The molecule has 2 nitrogen and oxygen atoms in total. The number of pyridine rings is 1. The second-order valence-electron chi connectivity index (χ2n) is 4.39. The molecule has 0 atom stereocenters. The predicted octanol–water partition coefficient (Wildman–Crippen LogP) is 3.62. The number of imidazole rings is 1. The molecule has 2 heterocycles.